The van der Waals surface area contributed by atoms with Crippen LogP contribution in [0.2, 0.25) is 0 Å². The molecule has 3 rings (SSSR count). The number of benzene rings is 2. The zero-order chi connectivity index (χ0) is 21.2. The molecule has 0 spiro atoms. The lowest BCUT2D eigenvalue weighted by molar-refractivity contribution is -0.137. The normalized spacial score (nSPS) is 11.3. The number of halogens is 3. The molecule has 29 heavy (non-hydrogen) atoms. The first-order valence-electron chi connectivity index (χ1n) is 8.75. The van der Waals surface area contributed by atoms with E-state index in [1.165, 1.54) is 24.5 Å². The van der Waals surface area contributed by atoms with Crippen molar-refractivity contribution in [3.8, 4) is 11.3 Å². The molecule has 5 nitrogen and oxygen atoms in total. The predicted molar refractivity (Wildman–Crippen MR) is 103 cm³/mol. The Kier molecular flexibility index (Phi) is 5.54. The van der Waals surface area contributed by atoms with Gasteiger partial charge >= 0.3 is 6.18 Å². The fraction of sp³-hybridized carbons (Fsp3) is 0.190. The second-order valence-corrected chi connectivity index (χ2v) is 6.68. The van der Waals surface area contributed by atoms with Crippen molar-refractivity contribution in [3.63, 3.8) is 0 Å². The van der Waals surface area contributed by atoms with Crippen LogP contribution in [-0.2, 0) is 17.5 Å². The van der Waals surface area contributed by atoms with Gasteiger partial charge in [0.25, 0.3) is 5.56 Å². The maximum Gasteiger partial charge on any atom is 0.416 e. The summed E-state index contributed by atoms with van der Waals surface area (Å²) in [5.41, 5.74) is 1.98. The number of carbonyl (C=O) groups is 1. The molecular weight excluding hydrogens is 383 g/mol. The smallest absolute Gasteiger partial charge is 0.324 e. The molecule has 0 unspecified atom stereocenters. The molecule has 0 aliphatic rings. The van der Waals surface area contributed by atoms with E-state index in [4.69, 9.17) is 0 Å². The molecule has 0 atom stereocenters. The fourth-order valence-electron chi connectivity index (χ4n) is 2.83. The highest BCUT2D eigenvalue weighted by molar-refractivity contribution is 5.91. The van der Waals surface area contributed by atoms with Gasteiger partial charge in [0, 0.05) is 17.3 Å². The molecule has 2 aromatic carbocycles. The first-order chi connectivity index (χ1) is 13.6. The predicted octanol–water partition coefficient (Wildman–Crippen LogP) is 4.18. The number of alkyl halides is 3. The lowest BCUT2D eigenvalue weighted by Gasteiger charge is -2.11. The molecule has 0 aliphatic carbocycles. The van der Waals surface area contributed by atoms with Gasteiger partial charge in [-0.1, -0.05) is 29.8 Å². The number of rotatable bonds is 4. The van der Waals surface area contributed by atoms with Crippen molar-refractivity contribution in [2.45, 2.75) is 26.6 Å². The molecule has 3 aromatic rings. The van der Waals surface area contributed by atoms with Crippen LogP contribution in [0.5, 0.6) is 0 Å². The van der Waals surface area contributed by atoms with E-state index in [9.17, 15) is 22.8 Å². The Morgan fingerprint density at radius 3 is 2.34 bits per heavy atom. The molecule has 1 amide bonds. The molecule has 0 saturated carbocycles. The van der Waals surface area contributed by atoms with E-state index in [2.05, 4.69) is 10.3 Å². The minimum absolute atomic E-state index is 0.230. The van der Waals surface area contributed by atoms with Crippen molar-refractivity contribution in [1.82, 2.24) is 9.55 Å². The van der Waals surface area contributed by atoms with Crippen molar-refractivity contribution in [2.24, 2.45) is 0 Å². The highest BCUT2D eigenvalue weighted by Gasteiger charge is 2.30. The van der Waals surface area contributed by atoms with Gasteiger partial charge in [0.05, 0.1) is 17.6 Å². The Morgan fingerprint density at radius 1 is 1.07 bits per heavy atom. The second-order valence-electron chi connectivity index (χ2n) is 6.68. The van der Waals surface area contributed by atoms with E-state index < -0.39 is 17.3 Å². The van der Waals surface area contributed by atoms with E-state index in [0.29, 0.717) is 11.3 Å². The van der Waals surface area contributed by atoms with Crippen LogP contribution in [0.1, 0.15) is 16.7 Å². The number of anilines is 1. The molecular formula is C21H18F3N3O2. The van der Waals surface area contributed by atoms with Crippen molar-refractivity contribution in [3.05, 3.63) is 81.9 Å². The van der Waals surface area contributed by atoms with E-state index in [1.807, 2.05) is 26.0 Å². The van der Waals surface area contributed by atoms with Gasteiger partial charge < -0.3 is 5.32 Å². The van der Waals surface area contributed by atoms with E-state index in [0.717, 1.165) is 27.8 Å². The van der Waals surface area contributed by atoms with Crippen LogP contribution in [-0.4, -0.2) is 15.5 Å². The maximum atomic E-state index is 12.7. The third-order valence-electron chi connectivity index (χ3n) is 4.36. The first kappa shape index (κ1) is 20.3. The van der Waals surface area contributed by atoms with Crippen molar-refractivity contribution in [2.75, 3.05) is 5.32 Å². The topological polar surface area (TPSA) is 64.0 Å². The molecule has 1 aromatic heterocycles. The summed E-state index contributed by atoms with van der Waals surface area (Å²) in [7, 11) is 0. The van der Waals surface area contributed by atoms with Gasteiger partial charge in [-0.3, -0.25) is 14.2 Å². The summed E-state index contributed by atoms with van der Waals surface area (Å²) in [6.45, 7) is 3.59. The quantitative estimate of drug-likeness (QED) is 0.713. The average Bonchev–Trinajstić information content (AvgIpc) is 2.65. The molecule has 8 heteroatoms. The number of nitrogens with one attached hydrogen (secondary N) is 1. The molecule has 0 saturated heterocycles. The first-order valence-corrected chi connectivity index (χ1v) is 8.75. The number of hydrogen-bond acceptors (Lipinski definition) is 3. The summed E-state index contributed by atoms with van der Waals surface area (Å²) < 4.78 is 39.1. The van der Waals surface area contributed by atoms with E-state index >= 15 is 0 Å². The minimum atomic E-state index is -4.43. The van der Waals surface area contributed by atoms with Crippen LogP contribution in [0.25, 0.3) is 11.3 Å². The van der Waals surface area contributed by atoms with Gasteiger partial charge in [-0.15, -0.1) is 0 Å². The van der Waals surface area contributed by atoms with Gasteiger partial charge in [-0.05, 0) is 37.6 Å². The van der Waals surface area contributed by atoms with Crippen LogP contribution in [0.15, 0.2) is 59.7 Å². The Morgan fingerprint density at radius 2 is 1.76 bits per heavy atom. The average molecular weight is 401 g/mol. The molecule has 1 N–H and O–H groups in total. The largest absolute Gasteiger partial charge is 0.416 e. The Bertz CT molecular complexity index is 1100. The van der Waals surface area contributed by atoms with Crippen molar-refractivity contribution >= 4 is 11.6 Å². The zero-order valence-corrected chi connectivity index (χ0v) is 15.7. The summed E-state index contributed by atoms with van der Waals surface area (Å²) in [5.74, 6) is -0.386. The standard InChI is InChI=1S/C21H18F3N3O2/c1-13-3-8-17(14(2)9-13)26-19(28)11-27-12-25-18(10-20(27)29)15-4-6-16(7-5-15)21(22,23)24/h3-10,12H,11H2,1-2H3,(H,26,28). The van der Waals surface area contributed by atoms with Crippen molar-refractivity contribution < 1.29 is 18.0 Å². The van der Waals surface area contributed by atoms with Gasteiger partial charge in [-0.25, -0.2) is 4.98 Å². The summed E-state index contributed by atoms with van der Waals surface area (Å²) >= 11 is 0. The van der Waals surface area contributed by atoms with Crippen LogP contribution < -0.4 is 10.9 Å². The molecule has 1 heterocycles. The zero-order valence-electron chi connectivity index (χ0n) is 15.7. The van der Waals surface area contributed by atoms with Gasteiger partial charge in [-0.2, -0.15) is 13.2 Å². The molecule has 150 valence electrons. The van der Waals surface area contributed by atoms with Crippen LogP contribution in [0.3, 0.4) is 0 Å². The lowest BCUT2D eigenvalue weighted by atomic mass is 10.1. The summed E-state index contributed by atoms with van der Waals surface area (Å²) in [6, 6.07) is 11.1. The number of hydrogen-bond donors (Lipinski definition) is 1. The molecule has 0 fully saturated rings. The molecule has 0 radical (unpaired) electrons. The number of aryl methyl sites for hydroxylation is 2. The lowest BCUT2D eigenvalue weighted by Crippen LogP contribution is -2.27. The maximum absolute atomic E-state index is 12.7. The number of aromatic nitrogens is 2. The van der Waals surface area contributed by atoms with Crippen molar-refractivity contribution in [1.29, 1.82) is 0 Å². The summed E-state index contributed by atoms with van der Waals surface area (Å²) in [6.07, 6.45) is -3.23. The third-order valence-corrected chi connectivity index (χ3v) is 4.36. The number of carbonyl (C=O) groups excluding carboxylic acids is 1. The van der Waals surface area contributed by atoms with Crippen LogP contribution in [0, 0.1) is 13.8 Å². The van der Waals surface area contributed by atoms with Crippen LogP contribution >= 0.6 is 0 Å². The Balaban J connectivity index is 1.74. The molecule has 0 aliphatic heterocycles. The Labute approximate surface area is 164 Å². The summed E-state index contributed by atoms with van der Waals surface area (Å²) in [4.78, 5) is 28.6. The van der Waals surface area contributed by atoms with Gasteiger partial charge in [0.2, 0.25) is 5.91 Å². The highest BCUT2D eigenvalue weighted by Crippen LogP contribution is 2.30. The van der Waals surface area contributed by atoms with Gasteiger partial charge in [0.15, 0.2) is 0 Å². The highest BCUT2D eigenvalue weighted by atomic mass is 19.4. The van der Waals surface area contributed by atoms with E-state index in [1.54, 1.807) is 6.07 Å². The minimum Gasteiger partial charge on any atom is -0.324 e. The van der Waals surface area contributed by atoms with Crippen LogP contribution in [0.4, 0.5) is 18.9 Å². The van der Waals surface area contributed by atoms with E-state index in [-0.39, 0.29) is 18.1 Å². The fourth-order valence-corrected chi connectivity index (χ4v) is 2.83. The SMILES string of the molecule is Cc1ccc(NC(=O)Cn2cnc(-c3ccc(C(F)(F)F)cc3)cc2=O)c(C)c1. The third kappa shape index (κ3) is 4.90. The summed E-state index contributed by atoms with van der Waals surface area (Å²) in [5, 5.41) is 2.75. The van der Waals surface area contributed by atoms with Gasteiger partial charge in [0.1, 0.15) is 6.54 Å². The second kappa shape index (κ2) is 7.90. The molecule has 0 bridgehead atoms. The number of nitrogens with zero attached hydrogens (tertiary/aromatic N) is 2. The Hall–Kier alpha value is -3.42. The number of amides is 1. The monoisotopic (exact) mass is 401 g/mol.